The van der Waals surface area contributed by atoms with E-state index in [1.54, 1.807) is 6.20 Å². The fourth-order valence-electron chi connectivity index (χ4n) is 2.51. The normalized spacial score (nSPS) is 11.6. The summed E-state index contributed by atoms with van der Waals surface area (Å²) in [5.74, 6) is 0.481. The molecule has 3 aromatic rings. The van der Waals surface area contributed by atoms with Gasteiger partial charge in [0.05, 0.1) is 11.7 Å². The lowest BCUT2D eigenvalue weighted by Crippen LogP contribution is -2.33. The second-order valence-electron chi connectivity index (χ2n) is 5.77. The van der Waals surface area contributed by atoms with Crippen molar-refractivity contribution < 1.29 is 9.53 Å². The number of carbonyl (C=O) groups is 1. The van der Waals surface area contributed by atoms with Crippen LogP contribution in [-0.2, 0) is 4.79 Å². The maximum Gasteiger partial charge on any atom is 0.258 e. The Hall–Kier alpha value is -3.14. The van der Waals surface area contributed by atoms with Crippen LogP contribution in [0.4, 0.5) is 0 Å². The molecule has 0 saturated carbocycles. The SMILES string of the molecule is Cc1ccc(OCC(=O)NC(c2ccccc2)c2ccccn2)cc1. The Morgan fingerprint density at radius 2 is 1.72 bits per heavy atom. The third kappa shape index (κ3) is 4.67. The van der Waals surface area contributed by atoms with Gasteiger partial charge in [-0.3, -0.25) is 9.78 Å². The lowest BCUT2D eigenvalue weighted by molar-refractivity contribution is -0.123. The summed E-state index contributed by atoms with van der Waals surface area (Å²) >= 11 is 0. The van der Waals surface area contributed by atoms with Crippen molar-refractivity contribution in [2.75, 3.05) is 6.61 Å². The van der Waals surface area contributed by atoms with Crippen molar-refractivity contribution in [2.24, 2.45) is 0 Å². The van der Waals surface area contributed by atoms with Crippen LogP contribution in [0.1, 0.15) is 22.9 Å². The van der Waals surface area contributed by atoms with E-state index in [1.807, 2.05) is 79.7 Å². The van der Waals surface area contributed by atoms with Crippen LogP contribution < -0.4 is 10.1 Å². The number of rotatable bonds is 6. The maximum absolute atomic E-state index is 12.4. The molecule has 1 aromatic heterocycles. The molecule has 1 atom stereocenters. The zero-order valence-electron chi connectivity index (χ0n) is 14.1. The van der Waals surface area contributed by atoms with E-state index in [9.17, 15) is 4.79 Å². The smallest absolute Gasteiger partial charge is 0.258 e. The average Bonchev–Trinajstić information content (AvgIpc) is 2.67. The highest BCUT2D eigenvalue weighted by molar-refractivity contribution is 5.78. The molecule has 0 aliphatic rings. The van der Waals surface area contributed by atoms with Crippen molar-refractivity contribution in [3.63, 3.8) is 0 Å². The predicted octanol–water partition coefficient (Wildman–Crippen LogP) is 3.67. The Labute approximate surface area is 147 Å². The number of ether oxygens (including phenoxy) is 1. The molecular formula is C21H20N2O2. The minimum absolute atomic E-state index is 0.0424. The molecule has 0 spiro atoms. The number of benzene rings is 2. The number of hydrogen-bond donors (Lipinski definition) is 1. The van der Waals surface area contributed by atoms with Gasteiger partial charge >= 0.3 is 0 Å². The fourth-order valence-corrected chi connectivity index (χ4v) is 2.51. The minimum Gasteiger partial charge on any atom is -0.484 e. The van der Waals surface area contributed by atoms with Gasteiger partial charge in [-0.1, -0.05) is 54.1 Å². The summed E-state index contributed by atoms with van der Waals surface area (Å²) in [6.07, 6.45) is 1.72. The molecule has 0 bridgehead atoms. The van der Waals surface area contributed by atoms with Crippen molar-refractivity contribution in [3.05, 3.63) is 95.8 Å². The van der Waals surface area contributed by atoms with Gasteiger partial charge in [-0.15, -0.1) is 0 Å². The van der Waals surface area contributed by atoms with Gasteiger partial charge in [-0.25, -0.2) is 0 Å². The molecule has 4 heteroatoms. The number of nitrogens with zero attached hydrogens (tertiary/aromatic N) is 1. The molecule has 0 aliphatic carbocycles. The van der Waals surface area contributed by atoms with E-state index in [4.69, 9.17) is 4.74 Å². The minimum atomic E-state index is -0.309. The van der Waals surface area contributed by atoms with E-state index < -0.39 is 0 Å². The second-order valence-corrected chi connectivity index (χ2v) is 5.77. The van der Waals surface area contributed by atoms with Crippen LogP contribution in [0.15, 0.2) is 79.0 Å². The molecule has 1 unspecified atom stereocenters. The van der Waals surface area contributed by atoms with E-state index in [1.165, 1.54) is 0 Å². The third-order valence-corrected chi connectivity index (χ3v) is 3.81. The molecule has 25 heavy (non-hydrogen) atoms. The number of pyridine rings is 1. The zero-order valence-corrected chi connectivity index (χ0v) is 14.1. The summed E-state index contributed by atoms with van der Waals surface area (Å²) in [6.45, 7) is 1.97. The van der Waals surface area contributed by atoms with Crippen LogP contribution in [0.3, 0.4) is 0 Å². The third-order valence-electron chi connectivity index (χ3n) is 3.81. The molecule has 126 valence electrons. The predicted molar refractivity (Wildman–Crippen MR) is 97.3 cm³/mol. The Kier molecular flexibility index (Phi) is 5.42. The summed E-state index contributed by atoms with van der Waals surface area (Å²) in [5, 5.41) is 3.00. The van der Waals surface area contributed by atoms with Gasteiger partial charge in [-0.2, -0.15) is 0 Å². The van der Waals surface area contributed by atoms with E-state index in [0.29, 0.717) is 5.75 Å². The first-order valence-corrected chi connectivity index (χ1v) is 8.17. The number of amides is 1. The molecule has 1 heterocycles. The van der Waals surface area contributed by atoms with Gasteiger partial charge in [0.1, 0.15) is 5.75 Å². The van der Waals surface area contributed by atoms with Gasteiger partial charge < -0.3 is 10.1 Å². The summed E-state index contributed by atoms with van der Waals surface area (Å²) in [7, 11) is 0. The molecule has 2 aromatic carbocycles. The van der Waals surface area contributed by atoms with E-state index in [0.717, 1.165) is 16.8 Å². The lowest BCUT2D eigenvalue weighted by Gasteiger charge is -2.19. The van der Waals surface area contributed by atoms with Crippen LogP contribution in [0.2, 0.25) is 0 Å². The Morgan fingerprint density at radius 3 is 2.40 bits per heavy atom. The van der Waals surface area contributed by atoms with Gasteiger partial charge in [0.25, 0.3) is 5.91 Å². The molecule has 0 radical (unpaired) electrons. The second kappa shape index (κ2) is 8.11. The Bertz CT molecular complexity index is 763. The van der Waals surface area contributed by atoms with Crippen molar-refractivity contribution in [3.8, 4) is 5.75 Å². The van der Waals surface area contributed by atoms with Gasteiger partial charge in [0.2, 0.25) is 0 Å². The van der Waals surface area contributed by atoms with Gasteiger partial charge in [0.15, 0.2) is 6.61 Å². The fraction of sp³-hybridized carbons (Fsp3) is 0.143. The molecule has 0 fully saturated rings. The number of nitrogens with one attached hydrogen (secondary N) is 1. The molecular weight excluding hydrogens is 312 g/mol. The molecule has 0 saturated heterocycles. The number of aromatic nitrogens is 1. The molecule has 1 N–H and O–H groups in total. The summed E-state index contributed by atoms with van der Waals surface area (Å²) in [4.78, 5) is 16.8. The highest BCUT2D eigenvalue weighted by Crippen LogP contribution is 2.20. The van der Waals surface area contributed by atoms with E-state index >= 15 is 0 Å². The van der Waals surface area contributed by atoms with Crippen molar-refractivity contribution in [1.29, 1.82) is 0 Å². The summed E-state index contributed by atoms with van der Waals surface area (Å²) < 4.78 is 5.56. The quantitative estimate of drug-likeness (QED) is 0.749. The number of carbonyl (C=O) groups excluding carboxylic acids is 1. The van der Waals surface area contributed by atoms with Crippen molar-refractivity contribution in [1.82, 2.24) is 10.3 Å². The monoisotopic (exact) mass is 332 g/mol. The van der Waals surface area contributed by atoms with Gasteiger partial charge in [0, 0.05) is 6.20 Å². The average molecular weight is 332 g/mol. The molecule has 4 nitrogen and oxygen atoms in total. The summed E-state index contributed by atoms with van der Waals surface area (Å²) in [5.41, 5.74) is 2.92. The molecule has 0 aliphatic heterocycles. The van der Waals surface area contributed by atoms with E-state index in [2.05, 4.69) is 10.3 Å². The molecule has 3 rings (SSSR count). The zero-order chi connectivity index (χ0) is 17.5. The standard InChI is InChI=1S/C21H20N2O2/c1-16-10-12-18(13-11-16)25-15-20(24)23-21(17-7-3-2-4-8-17)19-9-5-6-14-22-19/h2-14,21H,15H2,1H3,(H,23,24). The van der Waals surface area contributed by atoms with Crippen LogP contribution in [0, 0.1) is 6.92 Å². The van der Waals surface area contributed by atoms with Crippen molar-refractivity contribution in [2.45, 2.75) is 13.0 Å². The molecule has 1 amide bonds. The number of aryl methyl sites for hydroxylation is 1. The largest absolute Gasteiger partial charge is 0.484 e. The van der Waals surface area contributed by atoms with E-state index in [-0.39, 0.29) is 18.6 Å². The maximum atomic E-state index is 12.4. The number of hydrogen-bond acceptors (Lipinski definition) is 3. The van der Waals surface area contributed by atoms with Crippen LogP contribution in [0.25, 0.3) is 0 Å². The first-order valence-electron chi connectivity index (χ1n) is 8.17. The van der Waals surface area contributed by atoms with Crippen LogP contribution >= 0.6 is 0 Å². The Morgan fingerprint density at radius 1 is 1.00 bits per heavy atom. The lowest BCUT2D eigenvalue weighted by atomic mass is 10.0. The summed E-state index contributed by atoms with van der Waals surface area (Å²) in [6, 6.07) is 22.8. The van der Waals surface area contributed by atoms with Crippen LogP contribution in [0.5, 0.6) is 5.75 Å². The Balaban J connectivity index is 1.69. The van der Waals surface area contributed by atoms with Crippen LogP contribution in [-0.4, -0.2) is 17.5 Å². The topological polar surface area (TPSA) is 51.2 Å². The van der Waals surface area contributed by atoms with Gasteiger partial charge in [-0.05, 0) is 36.8 Å². The highest BCUT2D eigenvalue weighted by atomic mass is 16.5. The first kappa shape index (κ1) is 16.7. The highest BCUT2D eigenvalue weighted by Gasteiger charge is 2.18. The first-order chi connectivity index (χ1) is 12.2. The van der Waals surface area contributed by atoms with Crippen molar-refractivity contribution >= 4 is 5.91 Å².